The minimum Gasteiger partial charge on any atom is -0.475 e. The monoisotopic (exact) mass is 387 g/mol. The Balaban J connectivity index is 1.66. The molecule has 1 atom stereocenters. The molecule has 2 N–H and O–H groups in total. The first-order chi connectivity index (χ1) is 14.0. The van der Waals surface area contributed by atoms with E-state index >= 15 is 0 Å². The molecule has 3 aromatic carbocycles. The first-order valence-electron chi connectivity index (χ1n) is 9.27. The first kappa shape index (κ1) is 20.0. The first-order valence-corrected chi connectivity index (χ1v) is 9.27. The van der Waals surface area contributed by atoms with Gasteiger partial charge in [-0.2, -0.15) is 0 Å². The molecule has 0 aliphatic rings. The Morgan fingerprint density at radius 3 is 1.86 bits per heavy atom. The molecule has 0 aromatic heterocycles. The van der Waals surface area contributed by atoms with Gasteiger partial charge in [0.15, 0.2) is 0 Å². The number of carboxylic acids is 1. The average molecular weight is 387 g/mol. The Morgan fingerprint density at radius 2 is 1.28 bits per heavy atom. The van der Waals surface area contributed by atoms with E-state index in [4.69, 9.17) is 5.11 Å². The zero-order valence-corrected chi connectivity index (χ0v) is 15.7. The van der Waals surface area contributed by atoms with Gasteiger partial charge >= 0.3 is 5.97 Å². The third kappa shape index (κ3) is 5.62. The van der Waals surface area contributed by atoms with Crippen molar-refractivity contribution in [1.82, 2.24) is 5.32 Å². The molecular formula is C24H21NO4. The molecular weight excluding hydrogens is 366 g/mol. The summed E-state index contributed by atoms with van der Waals surface area (Å²) in [4.78, 5) is 35.6. The van der Waals surface area contributed by atoms with E-state index < -0.39 is 23.7 Å². The molecule has 5 heteroatoms. The molecule has 0 saturated carbocycles. The number of carbonyl (C=O) groups excluding carboxylic acids is 2. The van der Waals surface area contributed by atoms with Crippen molar-refractivity contribution in [2.45, 2.75) is 18.9 Å². The fourth-order valence-electron chi connectivity index (χ4n) is 3.08. The second-order valence-electron chi connectivity index (χ2n) is 6.72. The van der Waals surface area contributed by atoms with Crippen LogP contribution >= 0.6 is 0 Å². The van der Waals surface area contributed by atoms with Gasteiger partial charge in [-0.3, -0.25) is 9.59 Å². The van der Waals surface area contributed by atoms with Crippen LogP contribution in [0.5, 0.6) is 0 Å². The molecule has 0 bridgehead atoms. The second kappa shape index (κ2) is 9.46. The van der Waals surface area contributed by atoms with E-state index in [1.807, 2.05) is 60.7 Å². The fraction of sp³-hybridized carbons (Fsp3) is 0.125. The zero-order valence-electron chi connectivity index (χ0n) is 15.7. The molecule has 1 unspecified atom stereocenters. The number of carbonyl (C=O) groups is 3. The second-order valence-corrected chi connectivity index (χ2v) is 6.72. The molecule has 0 heterocycles. The van der Waals surface area contributed by atoms with Gasteiger partial charge in [0.2, 0.25) is 5.91 Å². The van der Waals surface area contributed by atoms with Crippen LogP contribution in [-0.2, 0) is 27.2 Å². The Labute approximate surface area is 169 Å². The van der Waals surface area contributed by atoms with Gasteiger partial charge in [0.05, 0.1) is 6.42 Å². The molecule has 0 radical (unpaired) electrons. The SMILES string of the molecule is O=C(Cc1ccc(-c2ccccc2)cc1)NC(Cc1ccccc1)C(=O)C(=O)O. The molecule has 0 spiro atoms. The van der Waals surface area contributed by atoms with Crippen LogP contribution < -0.4 is 5.32 Å². The number of amides is 1. The van der Waals surface area contributed by atoms with Crippen molar-refractivity contribution in [1.29, 1.82) is 0 Å². The number of Topliss-reactive ketones (excluding diaryl/α,β-unsaturated/α-hetero) is 1. The molecule has 0 fully saturated rings. The highest BCUT2D eigenvalue weighted by Crippen LogP contribution is 2.19. The Kier molecular flexibility index (Phi) is 6.53. The Morgan fingerprint density at radius 1 is 0.724 bits per heavy atom. The number of nitrogens with one attached hydrogen (secondary N) is 1. The number of ketones is 1. The van der Waals surface area contributed by atoms with Crippen LogP contribution in [0, 0.1) is 0 Å². The topological polar surface area (TPSA) is 83.5 Å². The number of carboxylic acid groups (broad SMARTS) is 1. The van der Waals surface area contributed by atoms with Crippen LogP contribution in [0.3, 0.4) is 0 Å². The highest BCUT2D eigenvalue weighted by atomic mass is 16.4. The van der Waals surface area contributed by atoms with Gasteiger partial charge in [-0.05, 0) is 22.3 Å². The lowest BCUT2D eigenvalue weighted by molar-refractivity contribution is -0.150. The largest absolute Gasteiger partial charge is 0.475 e. The molecule has 29 heavy (non-hydrogen) atoms. The molecule has 3 aromatic rings. The van der Waals surface area contributed by atoms with Gasteiger partial charge in [0.1, 0.15) is 6.04 Å². The van der Waals surface area contributed by atoms with Crippen LogP contribution in [0.15, 0.2) is 84.9 Å². The van der Waals surface area contributed by atoms with Crippen molar-refractivity contribution in [2.75, 3.05) is 0 Å². The summed E-state index contributed by atoms with van der Waals surface area (Å²) in [5.41, 5.74) is 3.68. The summed E-state index contributed by atoms with van der Waals surface area (Å²) in [5, 5.41) is 11.6. The van der Waals surface area contributed by atoms with Gasteiger partial charge in [0, 0.05) is 6.42 Å². The number of benzene rings is 3. The highest BCUT2D eigenvalue weighted by Gasteiger charge is 2.26. The standard InChI is InChI=1S/C24H21NO4/c26-22(16-18-11-13-20(14-12-18)19-9-5-2-6-10-19)25-21(23(27)24(28)29)15-17-7-3-1-4-8-17/h1-14,21H,15-16H2,(H,25,26)(H,28,29). The van der Waals surface area contributed by atoms with Gasteiger partial charge in [-0.1, -0.05) is 84.9 Å². The van der Waals surface area contributed by atoms with Crippen LogP contribution in [0.4, 0.5) is 0 Å². The van der Waals surface area contributed by atoms with Crippen molar-refractivity contribution in [2.24, 2.45) is 0 Å². The number of rotatable bonds is 8. The van der Waals surface area contributed by atoms with Crippen molar-refractivity contribution in [3.63, 3.8) is 0 Å². The summed E-state index contributed by atoms with van der Waals surface area (Å²) in [7, 11) is 0. The molecule has 0 aliphatic heterocycles. The molecule has 1 amide bonds. The Hall–Kier alpha value is -3.73. The Bertz CT molecular complexity index is 982. The number of hydrogen-bond acceptors (Lipinski definition) is 3. The minimum absolute atomic E-state index is 0.0628. The number of aliphatic carboxylic acids is 1. The average Bonchev–Trinajstić information content (AvgIpc) is 2.74. The predicted molar refractivity (Wildman–Crippen MR) is 110 cm³/mol. The maximum atomic E-state index is 12.4. The van der Waals surface area contributed by atoms with E-state index in [1.54, 1.807) is 24.3 Å². The highest BCUT2D eigenvalue weighted by molar-refractivity contribution is 6.35. The lowest BCUT2D eigenvalue weighted by Crippen LogP contribution is -2.45. The van der Waals surface area contributed by atoms with E-state index in [0.717, 1.165) is 22.3 Å². The maximum absolute atomic E-state index is 12.4. The van der Waals surface area contributed by atoms with Gasteiger partial charge in [-0.25, -0.2) is 4.79 Å². The molecule has 5 nitrogen and oxygen atoms in total. The zero-order chi connectivity index (χ0) is 20.6. The summed E-state index contributed by atoms with van der Waals surface area (Å²) >= 11 is 0. The summed E-state index contributed by atoms with van der Waals surface area (Å²) < 4.78 is 0. The summed E-state index contributed by atoms with van der Waals surface area (Å²) in [5.74, 6) is -2.98. The van der Waals surface area contributed by atoms with E-state index in [-0.39, 0.29) is 12.8 Å². The van der Waals surface area contributed by atoms with E-state index in [9.17, 15) is 14.4 Å². The van der Waals surface area contributed by atoms with Gasteiger partial charge in [-0.15, -0.1) is 0 Å². The van der Waals surface area contributed by atoms with Crippen molar-refractivity contribution in [3.8, 4) is 11.1 Å². The van der Waals surface area contributed by atoms with Crippen LogP contribution in [-0.4, -0.2) is 28.8 Å². The van der Waals surface area contributed by atoms with Crippen molar-refractivity contribution >= 4 is 17.7 Å². The molecule has 0 saturated heterocycles. The quantitative estimate of drug-likeness (QED) is 0.581. The minimum atomic E-state index is -1.56. The lowest BCUT2D eigenvalue weighted by atomic mass is 10.0. The van der Waals surface area contributed by atoms with E-state index in [0.29, 0.717) is 0 Å². The van der Waals surface area contributed by atoms with Crippen molar-refractivity contribution < 1.29 is 19.5 Å². The van der Waals surface area contributed by atoms with E-state index in [1.165, 1.54) is 0 Å². The third-order valence-electron chi connectivity index (χ3n) is 4.57. The molecule has 0 aliphatic carbocycles. The lowest BCUT2D eigenvalue weighted by Gasteiger charge is -2.16. The van der Waals surface area contributed by atoms with E-state index in [2.05, 4.69) is 5.32 Å². The van der Waals surface area contributed by atoms with Crippen LogP contribution in [0.1, 0.15) is 11.1 Å². The van der Waals surface area contributed by atoms with Gasteiger partial charge in [0.25, 0.3) is 5.78 Å². The maximum Gasteiger partial charge on any atom is 0.374 e. The normalized spacial score (nSPS) is 11.4. The van der Waals surface area contributed by atoms with Crippen LogP contribution in [0.2, 0.25) is 0 Å². The number of hydrogen-bond donors (Lipinski definition) is 2. The third-order valence-corrected chi connectivity index (χ3v) is 4.57. The fourth-order valence-corrected chi connectivity index (χ4v) is 3.08. The molecule has 3 rings (SSSR count). The van der Waals surface area contributed by atoms with Gasteiger partial charge < -0.3 is 10.4 Å². The van der Waals surface area contributed by atoms with Crippen LogP contribution in [0.25, 0.3) is 11.1 Å². The van der Waals surface area contributed by atoms with Crippen molar-refractivity contribution in [3.05, 3.63) is 96.1 Å². The smallest absolute Gasteiger partial charge is 0.374 e. The summed E-state index contributed by atoms with van der Waals surface area (Å²) in [6.45, 7) is 0. The summed E-state index contributed by atoms with van der Waals surface area (Å²) in [6, 6.07) is 25.4. The molecule has 146 valence electrons. The predicted octanol–water partition coefficient (Wildman–Crippen LogP) is 3.28. The summed E-state index contributed by atoms with van der Waals surface area (Å²) in [6.07, 6.45) is 0.192.